The van der Waals surface area contributed by atoms with Crippen molar-refractivity contribution < 1.29 is 0 Å². The minimum Gasteiger partial charge on any atom is -0.357 e. The zero-order chi connectivity index (χ0) is 14.1. The van der Waals surface area contributed by atoms with Gasteiger partial charge in [0.2, 0.25) is 5.95 Å². The van der Waals surface area contributed by atoms with Gasteiger partial charge in [0.1, 0.15) is 10.6 Å². The van der Waals surface area contributed by atoms with Gasteiger partial charge in [0.25, 0.3) is 0 Å². The fourth-order valence-corrected chi connectivity index (χ4v) is 3.82. The minimum absolute atomic E-state index is 0.556. The highest BCUT2D eigenvalue weighted by Crippen LogP contribution is 2.34. The van der Waals surface area contributed by atoms with Crippen molar-refractivity contribution in [3.8, 4) is 0 Å². The van der Waals surface area contributed by atoms with Crippen molar-refractivity contribution in [2.75, 3.05) is 23.8 Å². The Hall–Kier alpha value is -1.36. The number of hydrogen-bond acceptors (Lipinski definition) is 5. The predicted molar refractivity (Wildman–Crippen MR) is 87.0 cm³/mol. The molecular weight excluding hydrogens is 268 g/mol. The Morgan fingerprint density at radius 3 is 2.95 bits per heavy atom. The van der Waals surface area contributed by atoms with Crippen LogP contribution in [0.25, 0.3) is 10.2 Å². The van der Waals surface area contributed by atoms with Crippen LogP contribution in [0.4, 0.5) is 11.8 Å². The molecule has 0 radical (unpaired) electrons. The first-order valence-electron chi connectivity index (χ1n) is 7.41. The minimum atomic E-state index is 0.556. The van der Waals surface area contributed by atoms with Gasteiger partial charge < -0.3 is 10.2 Å². The Bertz CT molecular complexity index is 607. The van der Waals surface area contributed by atoms with Crippen LogP contribution in [0, 0.1) is 6.92 Å². The van der Waals surface area contributed by atoms with Gasteiger partial charge in [-0.2, -0.15) is 4.98 Å². The summed E-state index contributed by atoms with van der Waals surface area (Å²) in [6.45, 7) is 5.56. The molecule has 2 aromatic rings. The molecule has 1 atom stereocenters. The normalized spacial score (nSPS) is 20.1. The van der Waals surface area contributed by atoms with Crippen LogP contribution >= 0.6 is 11.3 Å². The summed E-state index contributed by atoms with van der Waals surface area (Å²) in [6.07, 6.45) is 5.17. The lowest BCUT2D eigenvalue weighted by molar-refractivity contribution is 0.613. The van der Waals surface area contributed by atoms with Crippen LogP contribution in [-0.4, -0.2) is 29.6 Å². The van der Waals surface area contributed by atoms with Gasteiger partial charge in [0.15, 0.2) is 0 Å². The summed E-state index contributed by atoms with van der Waals surface area (Å²) in [5.41, 5.74) is 0. The molecule has 0 aromatic carbocycles. The Labute approximate surface area is 124 Å². The number of fused-ring (bicyclic) bond motifs is 1. The van der Waals surface area contributed by atoms with Gasteiger partial charge in [-0.1, -0.05) is 12.8 Å². The molecule has 2 aromatic heterocycles. The van der Waals surface area contributed by atoms with E-state index < -0.39 is 0 Å². The number of anilines is 2. The zero-order valence-electron chi connectivity index (χ0n) is 12.4. The lowest BCUT2D eigenvalue weighted by Crippen LogP contribution is -2.33. The fourth-order valence-electron chi connectivity index (χ4n) is 2.95. The molecule has 1 unspecified atom stereocenters. The number of thiophene rings is 1. The van der Waals surface area contributed by atoms with Gasteiger partial charge in [-0.25, -0.2) is 4.98 Å². The molecule has 5 heteroatoms. The molecule has 0 bridgehead atoms. The van der Waals surface area contributed by atoms with Crippen molar-refractivity contribution in [2.45, 2.75) is 45.6 Å². The molecule has 1 aliphatic heterocycles. The van der Waals surface area contributed by atoms with Gasteiger partial charge in [-0.3, -0.25) is 0 Å². The number of hydrogen-bond donors (Lipinski definition) is 1. The highest BCUT2D eigenvalue weighted by molar-refractivity contribution is 7.18. The van der Waals surface area contributed by atoms with E-state index in [2.05, 4.69) is 35.1 Å². The maximum absolute atomic E-state index is 4.76. The molecule has 1 saturated heterocycles. The van der Waals surface area contributed by atoms with Gasteiger partial charge in [0.05, 0.1) is 5.39 Å². The van der Waals surface area contributed by atoms with E-state index in [0.717, 1.165) is 23.1 Å². The zero-order valence-corrected chi connectivity index (χ0v) is 13.3. The van der Waals surface area contributed by atoms with E-state index in [1.807, 2.05) is 7.05 Å². The third-order valence-electron chi connectivity index (χ3n) is 4.04. The fraction of sp³-hybridized carbons (Fsp3) is 0.600. The van der Waals surface area contributed by atoms with Crippen LogP contribution in [0.3, 0.4) is 0 Å². The molecule has 1 N–H and O–H groups in total. The van der Waals surface area contributed by atoms with Gasteiger partial charge in [0, 0.05) is 24.5 Å². The number of rotatable bonds is 2. The third kappa shape index (κ3) is 2.46. The van der Waals surface area contributed by atoms with Crippen molar-refractivity contribution in [1.82, 2.24) is 9.97 Å². The summed E-state index contributed by atoms with van der Waals surface area (Å²) in [4.78, 5) is 14.2. The van der Waals surface area contributed by atoms with Crippen LogP contribution in [0.15, 0.2) is 6.07 Å². The molecule has 20 heavy (non-hydrogen) atoms. The van der Waals surface area contributed by atoms with E-state index in [9.17, 15) is 0 Å². The van der Waals surface area contributed by atoms with Crippen LogP contribution < -0.4 is 10.2 Å². The first kappa shape index (κ1) is 13.6. The second kappa shape index (κ2) is 5.56. The second-order valence-electron chi connectivity index (χ2n) is 5.59. The maximum Gasteiger partial charge on any atom is 0.225 e. The predicted octanol–water partition coefficient (Wildman–Crippen LogP) is 3.81. The van der Waals surface area contributed by atoms with Crippen LogP contribution in [0.2, 0.25) is 0 Å². The highest BCUT2D eigenvalue weighted by atomic mass is 32.1. The average molecular weight is 290 g/mol. The van der Waals surface area contributed by atoms with E-state index in [-0.39, 0.29) is 0 Å². The Morgan fingerprint density at radius 2 is 2.15 bits per heavy atom. The standard InChI is InChI=1S/C15H22N4S/c1-10-7-5-4-6-8-19(10)13-12-9-11(2)20-14(12)18-15(16-3)17-13/h9-10H,4-8H2,1-3H3,(H,16,17,18). The van der Waals surface area contributed by atoms with E-state index in [1.54, 1.807) is 11.3 Å². The molecule has 3 rings (SSSR count). The first-order chi connectivity index (χ1) is 9.69. The average Bonchev–Trinajstić information content (AvgIpc) is 2.68. The molecule has 3 heterocycles. The SMILES string of the molecule is CNc1nc(N2CCCCCC2C)c2cc(C)sc2n1. The molecule has 0 saturated carbocycles. The monoisotopic (exact) mass is 290 g/mol. The molecule has 0 amide bonds. The summed E-state index contributed by atoms with van der Waals surface area (Å²) in [5, 5.41) is 4.30. The van der Waals surface area contributed by atoms with E-state index >= 15 is 0 Å². The first-order valence-corrected chi connectivity index (χ1v) is 8.23. The van der Waals surface area contributed by atoms with Gasteiger partial charge >= 0.3 is 0 Å². The Balaban J connectivity index is 2.12. The van der Waals surface area contributed by atoms with Crippen molar-refractivity contribution in [2.24, 2.45) is 0 Å². The smallest absolute Gasteiger partial charge is 0.225 e. The second-order valence-corrected chi connectivity index (χ2v) is 6.82. The van der Waals surface area contributed by atoms with Crippen molar-refractivity contribution in [1.29, 1.82) is 0 Å². The van der Waals surface area contributed by atoms with Crippen molar-refractivity contribution >= 4 is 33.3 Å². The van der Waals surface area contributed by atoms with Gasteiger partial charge in [-0.05, 0) is 32.8 Å². The molecule has 1 aliphatic rings. The van der Waals surface area contributed by atoms with Crippen LogP contribution in [-0.2, 0) is 0 Å². The molecule has 1 fully saturated rings. The van der Waals surface area contributed by atoms with Gasteiger partial charge in [-0.15, -0.1) is 11.3 Å². The van der Waals surface area contributed by atoms with E-state index in [4.69, 9.17) is 4.98 Å². The Morgan fingerprint density at radius 1 is 1.30 bits per heavy atom. The topological polar surface area (TPSA) is 41.1 Å². The van der Waals surface area contributed by atoms with Crippen LogP contribution in [0.1, 0.15) is 37.5 Å². The number of nitrogens with zero attached hydrogens (tertiary/aromatic N) is 3. The van der Waals surface area contributed by atoms with Crippen molar-refractivity contribution in [3.63, 3.8) is 0 Å². The quantitative estimate of drug-likeness (QED) is 0.913. The highest BCUT2D eigenvalue weighted by Gasteiger charge is 2.22. The molecular formula is C15H22N4S. The lowest BCUT2D eigenvalue weighted by Gasteiger charge is -2.29. The number of aromatic nitrogens is 2. The Kier molecular flexibility index (Phi) is 3.78. The summed E-state index contributed by atoms with van der Waals surface area (Å²) in [7, 11) is 1.89. The maximum atomic E-state index is 4.76. The van der Waals surface area contributed by atoms with Crippen molar-refractivity contribution in [3.05, 3.63) is 10.9 Å². The summed E-state index contributed by atoms with van der Waals surface area (Å²) >= 11 is 1.75. The molecule has 108 valence electrons. The molecule has 4 nitrogen and oxygen atoms in total. The molecule has 0 spiro atoms. The van der Waals surface area contributed by atoms with Crippen LogP contribution in [0.5, 0.6) is 0 Å². The summed E-state index contributed by atoms with van der Waals surface area (Å²) < 4.78 is 0. The largest absolute Gasteiger partial charge is 0.357 e. The number of nitrogens with one attached hydrogen (secondary N) is 1. The summed E-state index contributed by atoms with van der Waals surface area (Å²) in [6, 6.07) is 2.78. The lowest BCUT2D eigenvalue weighted by atomic mass is 10.1. The third-order valence-corrected chi connectivity index (χ3v) is 4.99. The molecule has 0 aliphatic carbocycles. The van der Waals surface area contributed by atoms with E-state index in [0.29, 0.717) is 6.04 Å². The van der Waals surface area contributed by atoms with E-state index in [1.165, 1.54) is 35.9 Å². The number of aryl methyl sites for hydroxylation is 1. The summed E-state index contributed by atoms with van der Waals surface area (Å²) in [5.74, 6) is 1.84.